The summed E-state index contributed by atoms with van der Waals surface area (Å²) in [5.41, 5.74) is 0.282. The highest BCUT2D eigenvalue weighted by atomic mass is 16.5. The van der Waals surface area contributed by atoms with E-state index in [0.29, 0.717) is 6.42 Å². The molecule has 0 saturated carbocycles. The summed E-state index contributed by atoms with van der Waals surface area (Å²) in [6.07, 6.45) is 0.677. The molecule has 3 heteroatoms. The van der Waals surface area contributed by atoms with Crippen molar-refractivity contribution in [3.63, 3.8) is 0 Å². The van der Waals surface area contributed by atoms with Crippen molar-refractivity contribution >= 4 is 5.97 Å². The van der Waals surface area contributed by atoms with E-state index in [2.05, 4.69) is 0 Å². The molecule has 16 heavy (non-hydrogen) atoms. The highest BCUT2D eigenvalue weighted by Crippen LogP contribution is 2.31. The third kappa shape index (κ3) is 1.95. The second-order valence-corrected chi connectivity index (χ2v) is 3.97. The molecular formula is C13H19NO2. The molecule has 3 nitrogen and oxygen atoms in total. The predicted molar refractivity (Wildman–Crippen MR) is 64.1 cm³/mol. The number of hydrogen-bond acceptors (Lipinski definition) is 3. The average molecular weight is 221 g/mol. The van der Waals surface area contributed by atoms with Gasteiger partial charge in [-0.3, -0.25) is 4.90 Å². The first kappa shape index (κ1) is 12.7. The van der Waals surface area contributed by atoms with Crippen molar-refractivity contribution in [2.24, 2.45) is 0 Å². The zero-order chi connectivity index (χ0) is 12.2. The standard InChI is InChI=1S/C13H19NO2/c1-5-13(14(2)3,12(15)16-4)11-9-7-6-8-10-11/h6-10H,5H2,1-4H3/t13-/m0/s1. The second kappa shape index (κ2) is 5.12. The Hall–Kier alpha value is -1.35. The zero-order valence-electron chi connectivity index (χ0n) is 10.4. The van der Waals surface area contributed by atoms with Gasteiger partial charge in [0.25, 0.3) is 0 Å². The highest BCUT2D eigenvalue weighted by Gasteiger charge is 2.41. The van der Waals surface area contributed by atoms with E-state index in [1.807, 2.05) is 56.3 Å². The van der Waals surface area contributed by atoms with Crippen molar-refractivity contribution in [2.45, 2.75) is 18.9 Å². The molecule has 1 aromatic rings. The van der Waals surface area contributed by atoms with Crippen LogP contribution in [-0.4, -0.2) is 32.1 Å². The fourth-order valence-corrected chi connectivity index (χ4v) is 2.11. The molecule has 1 rings (SSSR count). The summed E-state index contributed by atoms with van der Waals surface area (Å²) in [6.45, 7) is 1.99. The summed E-state index contributed by atoms with van der Waals surface area (Å²) < 4.78 is 4.94. The predicted octanol–water partition coefficient (Wildman–Crippen LogP) is 2.03. The number of hydrogen-bond donors (Lipinski definition) is 0. The SMILES string of the molecule is CC[C@@](C(=O)OC)(c1ccccc1)N(C)C. The number of carbonyl (C=O) groups is 1. The van der Waals surface area contributed by atoms with Crippen LogP contribution < -0.4 is 0 Å². The summed E-state index contributed by atoms with van der Waals surface area (Å²) in [4.78, 5) is 14.0. The van der Waals surface area contributed by atoms with Gasteiger partial charge in [0.2, 0.25) is 0 Å². The topological polar surface area (TPSA) is 29.5 Å². The number of carbonyl (C=O) groups excluding carboxylic acids is 1. The molecule has 0 aliphatic heterocycles. The van der Waals surface area contributed by atoms with Crippen molar-refractivity contribution in [3.8, 4) is 0 Å². The van der Waals surface area contributed by atoms with Crippen LogP contribution >= 0.6 is 0 Å². The molecule has 0 unspecified atom stereocenters. The number of ether oxygens (including phenoxy) is 1. The van der Waals surface area contributed by atoms with Crippen LogP contribution in [0.25, 0.3) is 0 Å². The van der Waals surface area contributed by atoms with Crippen molar-refractivity contribution in [3.05, 3.63) is 35.9 Å². The third-order valence-electron chi connectivity index (χ3n) is 3.05. The Bertz CT molecular complexity index is 348. The minimum absolute atomic E-state index is 0.216. The Morgan fingerprint density at radius 1 is 1.31 bits per heavy atom. The summed E-state index contributed by atoms with van der Waals surface area (Å²) in [6, 6.07) is 9.73. The van der Waals surface area contributed by atoms with Gasteiger partial charge in [-0.05, 0) is 26.1 Å². The molecule has 88 valence electrons. The van der Waals surface area contributed by atoms with Gasteiger partial charge in [-0.25, -0.2) is 4.79 Å². The molecule has 0 saturated heterocycles. The van der Waals surface area contributed by atoms with E-state index >= 15 is 0 Å². The Balaban J connectivity index is 3.29. The van der Waals surface area contributed by atoms with Gasteiger partial charge in [-0.15, -0.1) is 0 Å². The smallest absolute Gasteiger partial charge is 0.330 e. The Morgan fingerprint density at radius 3 is 2.25 bits per heavy atom. The minimum Gasteiger partial charge on any atom is -0.467 e. The van der Waals surface area contributed by atoms with Gasteiger partial charge >= 0.3 is 5.97 Å². The van der Waals surface area contributed by atoms with E-state index in [4.69, 9.17) is 4.74 Å². The van der Waals surface area contributed by atoms with Crippen molar-refractivity contribution in [1.29, 1.82) is 0 Å². The van der Waals surface area contributed by atoms with Crippen molar-refractivity contribution in [1.82, 2.24) is 4.90 Å². The molecule has 0 aliphatic rings. The van der Waals surface area contributed by atoms with Crippen LogP contribution in [0.1, 0.15) is 18.9 Å². The van der Waals surface area contributed by atoms with Crippen LogP contribution in [0.2, 0.25) is 0 Å². The van der Waals surface area contributed by atoms with Crippen LogP contribution in [-0.2, 0) is 15.1 Å². The fourth-order valence-electron chi connectivity index (χ4n) is 2.11. The first-order chi connectivity index (χ1) is 7.59. The number of likely N-dealkylation sites (N-methyl/N-ethyl adjacent to an activating group) is 1. The van der Waals surface area contributed by atoms with Crippen LogP contribution in [0.5, 0.6) is 0 Å². The molecule has 0 N–H and O–H groups in total. The first-order valence-corrected chi connectivity index (χ1v) is 5.41. The van der Waals surface area contributed by atoms with Crippen LogP contribution in [0, 0.1) is 0 Å². The van der Waals surface area contributed by atoms with E-state index in [1.165, 1.54) is 7.11 Å². The lowest BCUT2D eigenvalue weighted by molar-refractivity contribution is -0.154. The van der Waals surface area contributed by atoms with Crippen molar-refractivity contribution < 1.29 is 9.53 Å². The second-order valence-electron chi connectivity index (χ2n) is 3.97. The minimum atomic E-state index is -0.685. The molecule has 0 radical (unpaired) electrons. The van der Waals surface area contributed by atoms with E-state index < -0.39 is 5.54 Å². The zero-order valence-corrected chi connectivity index (χ0v) is 10.4. The van der Waals surface area contributed by atoms with Gasteiger partial charge in [0.1, 0.15) is 5.54 Å². The van der Waals surface area contributed by atoms with Gasteiger partial charge in [0.05, 0.1) is 7.11 Å². The molecule has 1 atom stereocenters. The molecular weight excluding hydrogens is 202 g/mol. The summed E-state index contributed by atoms with van der Waals surface area (Å²) in [5.74, 6) is -0.216. The molecule has 0 fully saturated rings. The van der Waals surface area contributed by atoms with Gasteiger partial charge in [-0.1, -0.05) is 37.3 Å². The number of methoxy groups -OCH3 is 1. The monoisotopic (exact) mass is 221 g/mol. The first-order valence-electron chi connectivity index (χ1n) is 5.41. The molecule has 0 aromatic heterocycles. The molecule has 0 spiro atoms. The largest absolute Gasteiger partial charge is 0.467 e. The maximum absolute atomic E-state index is 12.0. The molecule has 0 heterocycles. The molecule has 0 amide bonds. The number of benzene rings is 1. The molecule has 1 aromatic carbocycles. The molecule has 0 bridgehead atoms. The van der Waals surface area contributed by atoms with Gasteiger partial charge in [-0.2, -0.15) is 0 Å². The quantitative estimate of drug-likeness (QED) is 0.729. The normalized spacial score (nSPS) is 14.6. The fraction of sp³-hybridized carbons (Fsp3) is 0.462. The lowest BCUT2D eigenvalue weighted by Gasteiger charge is -2.36. The van der Waals surface area contributed by atoms with Crippen LogP contribution in [0.3, 0.4) is 0 Å². The van der Waals surface area contributed by atoms with E-state index in [-0.39, 0.29) is 5.97 Å². The number of rotatable bonds is 4. The average Bonchev–Trinajstić information content (AvgIpc) is 2.31. The Kier molecular flexibility index (Phi) is 4.07. The Labute approximate surface area is 97.0 Å². The highest BCUT2D eigenvalue weighted by molar-refractivity contribution is 5.82. The van der Waals surface area contributed by atoms with Crippen molar-refractivity contribution in [2.75, 3.05) is 21.2 Å². The lowest BCUT2D eigenvalue weighted by Crippen LogP contribution is -2.48. The summed E-state index contributed by atoms with van der Waals surface area (Å²) in [5, 5.41) is 0. The van der Waals surface area contributed by atoms with Gasteiger partial charge < -0.3 is 4.74 Å². The van der Waals surface area contributed by atoms with E-state index in [9.17, 15) is 4.79 Å². The number of esters is 1. The number of nitrogens with zero attached hydrogens (tertiary/aromatic N) is 1. The molecule has 0 aliphatic carbocycles. The van der Waals surface area contributed by atoms with E-state index in [0.717, 1.165) is 5.56 Å². The maximum Gasteiger partial charge on any atom is 0.330 e. The van der Waals surface area contributed by atoms with E-state index in [1.54, 1.807) is 0 Å². The maximum atomic E-state index is 12.0. The van der Waals surface area contributed by atoms with Crippen LogP contribution in [0.15, 0.2) is 30.3 Å². The Morgan fingerprint density at radius 2 is 1.88 bits per heavy atom. The van der Waals surface area contributed by atoms with Gasteiger partial charge in [0.15, 0.2) is 0 Å². The third-order valence-corrected chi connectivity index (χ3v) is 3.05. The lowest BCUT2D eigenvalue weighted by atomic mass is 9.86. The summed E-state index contributed by atoms with van der Waals surface area (Å²) in [7, 11) is 5.22. The van der Waals surface area contributed by atoms with Gasteiger partial charge in [0, 0.05) is 0 Å². The van der Waals surface area contributed by atoms with Crippen LogP contribution in [0.4, 0.5) is 0 Å². The summed E-state index contributed by atoms with van der Waals surface area (Å²) >= 11 is 0.